The third kappa shape index (κ3) is 3.47. The zero-order valence-electron chi connectivity index (χ0n) is 13.7. The lowest BCUT2D eigenvalue weighted by Gasteiger charge is -2.28. The van der Waals surface area contributed by atoms with E-state index in [9.17, 15) is 14.7 Å². The van der Waals surface area contributed by atoms with Crippen molar-refractivity contribution in [3.8, 4) is 0 Å². The van der Waals surface area contributed by atoms with E-state index < -0.39 is 5.60 Å². The van der Waals surface area contributed by atoms with Crippen molar-refractivity contribution in [3.05, 3.63) is 29.3 Å². The lowest BCUT2D eigenvalue weighted by atomic mass is 10.1. The van der Waals surface area contributed by atoms with E-state index >= 15 is 0 Å². The van der Waals surface area contributed by atoms with E-state index in [0.29, 0.717) is 25.2 Å². The largest absolute Gasteiger partial charge is 0.389 e. The maximum absolute atomic E-state index is 12.6. The van der Waals surface area contributed by atoms with Crippen LogP contribution in [0.25, 0.3) is 0 Å². The molecule has 0 radical (unpaired) electrons. The second kappa shape index (κ2) is 6.08. The number of anilines is 1. The minimum absolute atomic E-state index is 0.0232. The molecule has 1 aliphatic rings. The molecule has 2 rings (SSSR count). The summed E-state index contributed by atoms with van der Waals surface area (Å²) in [6.45, 7) is 8.33. The Labute approximate surface area is 131 Å². The number of fused-ring (bicyclic) bond motifs is 1. The van der Waals surface area contributed by atoms with E-state index in [1.807, 2.05) is 19.1 Å². The predicted molar refractivity (Wildman–Crippen MR) is 86.0 cm³/mol. The molecule has 0 fully saturated rings. The zero-order chi connectivity index (χ0) is 16.5. The van der Waals surface area contributed by atoms with Gasteiger partial charge < -0.3 is 14.9 Å². The number of hydrogen-bond donors (Lipinski definition) is 1. The molecule has 1 aliphatic heterocycles. The molecule has 0 aliphatic carbocycles. The maximum Gasteiger partial charge on any atom is 0.253 e. The number of aliphatic hydroxyl groups is 1. The van der Waals surface area contributed by atoms with Crippen LogP contribution < -0.4 is 4.90 Å². The van der Waals surface area contributed by atoms with Gasteiger partial charge in [0.25, 0.3) is 5.91 Å². The lowest BCUT2D eigenvalue weighted by Crippen LogP contribution is -2.42. The van der Waals surface area contributed by atoms with E-state index in [1.165, 1.54) is 0 Å². The third-order valence-electron chi connectivity index (χ3n) is 3.85. The highest BCUT2D eigenvalue weighted by atomic mass is 16.3. The molecule has 1 aromatic carbocycles. The molecule has 0 atom stereocenters. The number of carbonyl (C=O) groups excluding carboxylic acids is 2. The van der Waals surface area contributed by atoms with Crippen molar-refractivity contribution >= 4 is 17.5 Å². The number of benzene rings is 1. The first-order chi connectivity index (χ1) is 10.2. The van der Waals surface area contributed by atoms with Crippen molar-refractivity contribution in [1.29, 1.82) is 0 Å². The number of nitrogens with zero attached hydrogens (tertiary/aromatic N) is 2. The van der Waals surface area contributed by atoms with Crippen molar-refractivity contribution in [2.24, 2.45) is 0 Å². The highest BCUT2D eigenvalue weighted by Gasteiger charge is 2.26. The van der Waals surface area contributed by atoms with Gasteiger partial charge in [-0.2, -0.15) is 0 Å². The Morgan fingerprint density at radius 1 is 1.36 bits per heavy atom. The number of likely N-dealkylation sites (N-methyl/N-ethyl adjacent to an activating group) is 1. The Morgan fingerprint density at radius 2 is 2.05 bits per heavy atom. The SMILES string of the molecule is CCN(CC(C)(C)O)C(=O)c1ccc2c(c1)CCN2C(C)=O. The molecule has 120 valence electrons. The summed E-state index contributed by atoms with van der Waals surface area (Å²) in [6, 6.07) is 5.47. The fraction of sp³-hybridized carbons (Fsp3) is 0.529. The van der Waals surface area contributed by atoms with E-state index in [-0.39, 0.29) is 11.8 Å². The molecule has 1 heterocycles. The smallest absolute Gasteiger partial charge is 0.253 e. The predicted octanol–water partition coefficient (Wildman–Crippen LogP) is 1.83. The van der Waals surface area contributed by atoms with Crippen LogP contribution in [0.15, 0.2) is 18.2 Å². The van der Waals surface area contributed by atoms with Crippen molar-refractivity contribution in [2.75, 3.05) is 24.5 Å². The Kier molecular flexibility index (Phi) is 4.56. The van der Waals surface area contributed by atoms with Crippen LogP contribution in [-0.2, 0) is 11.2 Å². The average Bonchev–Trinajstić information content (AvgIpc) is 2.86. The first-order valence-corrected chi connectivity index (χ1v) is 7.65. The molecule has 0 bridgehead atoms. The van der Waals surface area contributed by atoms with Crippen molar-refractivity contribution in [2.45, 2.75) is 39.7 Å². The van der Waals surface area contributed by atoms with Crippen molar-refractivity contribution < 1.29 is 14.7 Å². The van der Waals surface area contributed by atoms with E-state index in [0.717, 1.165) is 17.7 Å². The minimum atomic E-state index is -0.923. The van der Waals surface area contributed by atoms with Gasteiger partial charge in [-0.3, -0.25) is 9.59 Å². The van der Waals surface area contributed by atoms with Crippen LogP contribution in [-0.4, -0.2) is 47.1 Å². The van der Waals surface area contributed by atoms with Crippen LogP contribution in [0.3, 0.4) is 0 Å². The summed E-state index contributed by atoms with van der Waals surface area (Å²) < 4.78 is 0. The maximum atomic E-state index is 12.6. The summed E-state index contributed by atoms with van der Waals surface area (Å²) >= 11 is 0. The summed E-state index contributed by atoms with van der Waals surface area (Å²) in [4.78, 5) is 27.5. The molecule has 0 saturated heterocycles. The molecule has 1 N–H and O–H groups in total. The molecule has 0 saturated carbocycles. The second-order valence-corrected chi connectivity index (χ2v) is 6.40. The minimum Gasteiger partial charge on any atom is -0.389 e. The number of hydrogen-bond acceptors (Lipinski definition) is 3. The van der Waals surface area contributed by atoms with E-state index in [2.05, 4.69) is 0 Å². The van der Waals surface area contributed by atoms with Crippen molar-refractivity contribution in [1.82, 2.24) is 4.90 Å². The number of rotatable bonds is 4. The fourth-order valence-electron chi connectivity index (χ4n) is 2.84. The highest BCUT2D eigenvalue weighted by Crippen LogP contribution is 2.29. The van der Waals surface area contributed by atoms with Gasteiger partial charge >= 0.3 is 0 Å². The summed E-state index contributed by atoms with van der Waals surface area (Å²) in [5.74, 6) is -0.0660. The van der Waals surface area contributed by atoms with Gasteiger partial charge in [-0.15, -0.1) is 0 Å². The molecular weight excluding hydrogens is 280 g/mol. The summed E-state index contributed by atoms with van der Waals surface area (Å²) in [5.41, 5.74) is 1.61. The Bertz CT molecular complexity index is 590. The highest BCUT2D eigenvalue weighted by molar-refractivity contribution is 5.97. The lowest BCUT2D eigenvalue weighted by molar-refractivity contribution is -0.116. The van der Waals surface area contributed by atoms with Gasteiger partial charge in [-0.1, -0.05) is 0 Å². The summed E-state index contributed by atoms with van der Waals surface area (Å²) in [7, 11) is 0. The van der Waals surface area contributed by atoms with Crippen molar-refractivity contribution in [3.63, 3.8) is 0 Å². The molecule has 5 nitrogen and oxygen atoms in total. The standard InChI is InChI=1S/C17H24N2O3/c1-5-18(11-17(3,4)22)16(21)14-6-7-15-13(10-14)8-9-19(15)12(2)20/h6-7,10,22H,5,8-9,11H2,1-4H3. The number of carbonyl (C=O) groups is 2. The van der Waals surface area contributed by atoms with Crippen LogP contribution in [0.1, 0.15) is 43.6 Å². The van der Waals surface area contributed by atoms with Gasteiger partial charge in [0.05, 0.1) is 5.60 Å². The zero-order valence-corrected chi connectivity index (χ0v) is 13.7. The Balaban J connectivity index is 2.23. The normalized spacial score (nSPS) is 14.0. The summed E-state index contributed by atoms with van der Waals surface area (Å²) in [5, 5.41) is 9.93. The van der Waals surface area contributed by atoms with E-state index in [4.69, 9.17) is 0 Å². The monoisotopic (exact) mass is 304 g/mol. The van der Waals surface area contributed by atoms with Crippen LogP contribution in [0.4, 0.5) is 5.69 Å². The van der Waals surface area contributed by atoms with Crippen LogP contribution in [0.2, 0.25) is 0 Å². The van der Waals surface area contributed by atoms with Crippen LogP contribution >= 0.6 is 0 Å². The van der Waals surface area contributed by atoms with Gasteiger partial charge in [0.2, 0.25) is 5.91 Å². The molecular formula is C17H24N2O3. The van der Waals surface area contributed by atoms with E-state index in [1.54, 1.807) is 36.6 Å². The quantitative estimate of drug-likeness (QED) is 0.923. The molecule has 0 unspecified atom stereocenters. The average molecular weight is 304 g/mol. The Morgan fingerprint density at radius 3 is 2.59 bits per heavy atom. The molecule has 1 aromatic rings. The second-order valence-electron chi connectivity index (χ2n) is 6.40. The van der Waals surface area contributed by atoms with Gasteiger partial charge in [0.1, 0.15) is 0 Å². The van der Waals surface area contributed by atoms with Gasteiger partial charge in [0, 0.05) is 37.8 Å². The molecule has 5 heteroatoms. The number of amides is 2. The van der Waals surface area contributed by atoms with Gasteiger partial charge in [-0.25, -0.2) is 0 Å². The van der Waals surface area contributed by atoms with Crippen LogP contribution in [0, 0.1) is 0 Å². The topological polar surface area (TPSA) is 60.9 Å². The molecule has 22 heavy (non-hydrogen) atoms. The fourth-order valence-corrected chi connectivity index (χ4v) is 2.84. The molecule has 0 aromatic heterocycles. The van der Waals surface area contributed by atoms with Gasteiger partial charge in [-0.05, 0) is 51.0 Å². The molecule has 2 amide bonds. The first kappa shape index (κ1) is 16.5. The van der Waals surface area contributed by atoms with Crippen LogP contribution in [0.5, 0.6) is 0 Å². The third-order valence-corrected chi connectivity index (χ3v) is 3.85. The van der Waals surface area contributed by atoms with Gasteiger partial charge in [0.15, 0.2) is 0 Å². The molecule has 0 spiro atoms. The Hall–Kier alpha value is -1.88. The summed E-state index contributed by atoms with van der Waals surface area (Å²) in [6.07, 6.45) is 0.771. The first-order valence-electron chi connectivity index (χ1n) is 7.65.